The number of nitrogens with zero attached hydrogens (tertiary/aromatic N) is 1. The molecule has 1 aromatic carbocycles. The minimum absolute atomic E-state index is 0.0332. The predicted octanol–water partition coefficient (Wildman–Crippen LogP) is 1.88. The standard InChI is InChI=1S/C11H16N2O3/c1-8(12)6-7-9-4-3-5-10(16-2)11(9)13(14)15/h3-5,8H,6-7,12H2,1-2H3/t8-/m0/s1. The number of nitrogens with two attached hydrogens (primary N) is 1. The molecule has 0 heterocycles. The maximum absolute atomic E-state index is 10.9. The van der Waals surface area contributed by atoms with E-state index in [-0.39, 0.29) is 11.7 Å². The van der Waals surface area contributed by atoms with Crippen LogP contribution in [-0.4, -0.2) is 18.1 Å². The summed E-state index contributed by atoms with van der Waals surface area (Å²) in [5, 5.41) is 10.9. The Kier molecular flexibility index (Phi) is 4.25. The lowest BCUT2D eigenvalue weighted by atomic mass is 10.0. The molecule has 0 spiro atoms. The summed E-state index contributed by atoms with van der Waals surface area (Å²) < 4.78 is 4.98. The molecule has 0 aliphatic carbocycles. The van der Waals surface area contributed by atoms with Crippen molar-refractivity contribution in [2.45, 2.75) is 25.8 Å². The zero-order chi connectivity index (χ0) is 12.1. The van der Waals surface area contributed by atoms with Crippen LogP contribution in [0.2, 0.25) is 0 Å². The molecule has 0 radical (unpaired) electrons. The Bertz CT molecular complexity index is 377. The lowest BCUT2D eigenvalue weighted by Crippen LogP contribution is -2.15. The first-order valence-corrected chi connectivity index (χ1v) is 5.12. The Morgan fingerprint density at radius 3 is 2.75 bits per heavy atom. The van der Waals surface area contributed by atoms with Crippen LogP contribution in [0, 0.1) is 10.1 Å². The molecule has 1 aromatic rings. The average molecular weight is 224 g/mol. The number of aryl methyl sites for hydroxylation is 1. The number of nitro groups is 1. The van der Waals surface area contributed by atoms with E-state index in [0.29, 0.717) is 24.2 Å². The first-order chi connectivity index (χ1) is 7.56. The van der Waals surface area contributed by atoms with E-state index in [2.05, 4.69) is 0 Å². The van der Waals surface area contributed by atoms with Gasteiger partial charge in [0.2, 0.25) is 0 Å². The van der Waals surface area contributed by atoms with Gasteiger partial charge >= 0.3 is 5.69 Å². The van der Waals surface area contributed by atoms with Gasteiger partial charge < -0.3 is 10.5 Å². The Labute approximate surface area is 94.4 Å². The van der Waals surface area contributed by atoms with Crippen LogP contribution in [-0.2, 0) is 6.42 Å². The van der Waals surface area contributed by atoms with Crippen molar-refractivity contribution in [1.82, 2.24) is 0 Å². The van der Waals surface area contributed by atoms with Crippen LogP contribution in [0.4, 0.5) is 5.69 Å². The van der Waals surface area contributed by atoms with E-state index in [1.54, 1.807) is 18.2 Å². The van der Waals surface area contributed by atoms with E-state index in [4.69, 9.17) is 10.5 Å². The molecule has 16 heavy (non-hydrogen) atoms. The molecule has 88 valence electrons. The minimum atomic E-state index is -0.407. The first kappa shape index (κ1) is 12.4. The highest BCUT2D eigenvalue weighted by Gasteiger charge is 2.19. The summed E-state index contributed by atoms with van der Waals surface area (Å²) in [6.45, 7) is 1.88. The van der Waals surface area contributed by atoms with Crippen molar-refractivity contribution in [2.75, 3.05) is 7.11 Å². The molecule has 0 saturated carbocycles. The molecule has 5 heteroatoms. The van der Waals surface area contributed by atoms with Crippen LogP contribution in [0.3, 0.4) is 0 Å². The fourth-order valence-corrected chi connectivity index (χ4v) is 1.52. The van der Waals surface area contributed by atoms with Gasteiger partial charge in [0.15, 0.2) is 5.75 Å². The van der Waals surface area contributed by atoms with E-state index in [0.717, 1.165) is 0 Å². The van der Waals surface area contributed by atoms with E-state index in [9.17, 15) is 10.1 Å². The van der Waals surface area contributed by atoms with Crippen molar-refractivity contribution in [3.8, 4) is 5.75 Å². The number of hydrogen-bond acceptors (Lipinski definition) is 4. The summed E-state index contributed by atoms with van der Waals surface area (Å²) in [6, 6.07) is 5.12. The molecule has 0 unspecified atom stereocenters. The third-order valence-electron chi connectivity index (χ3n) is 2.35. The van der Waals surface area contributed by atoms with Gasteiger partial charge in [0, 0.05) is 11.6 Å². The highest BCUT2D eigenvalue weighted by atomic mass is 16.6. The summed E-state index contributed by atoms with van der Waals surface area (Å²) in [6.07, 6.45) is 1.30. The van der Waals surface area contributed by atoms with Crippen molar-refractivity contribution >= 4 is 5.69 Å². The topological polar surface area (TPSA) is 78.4 Å². The van der Waals surface area contributed by atoms with E-state index in [1.807, 2.05) is 6.92 Å². The lowest BCUT2D eigenvalue weighted by molar-refractivity contribution is -0.386. The number of hydrogen-bond donors (Lipinski definition) is 1. The van der Waals surface area contributed by atoms with Gasteiger partial charge in [-0.3, -0.25) is 10.1 Å². The summed E-state index contributed by atoms with van der Waals surface area (Å²) in [7, 11) is 1.43. The molecule has 0 aliphatic heterocycles. The molecule has 1 atom stereocenters. The fourth-order valence-electron chi connectivity index (χ4n) is 1.52. The highest BCUT2D eigenvalue weighted by molar-refractivity contribution is 5.52. The molecule has 0 bridgehead atoms. The Morgan fingerprint density at radius 2 is 2.25 bits per heavy atom. The molecule has 0 aromatic heterocycles. The van der Waals surface area contributed by atoms with Gasteiger partial charge in [-0.05, 0) is 25.8 Å². The van der Waals surface area contributed by atoms with Gasteiger partial charge in [-0.15, -0.1) is 0 Å². The summed E-state index contributed by atoms with van der Waals surface area (Å²) in [5.74, 6) is 0.298. The molecule has 0 amide bonds. The van der Waals surface area contributed by atoms with Crippen LogP contribution in [0.25, 0.3) is 0 Å². The second-order valence-corrected chi connectivity index (χ2v) is 3.74. The number of rotatable bonds is 5. The van der Waals surface area contributed by atoms with Crippen molar-refractivity contribution in [2.24, 2.45) is 5.73 Å². The van der Waals surface area contributed by atoms with Crippen LogP contribution in [0.15, 0.2) is 18.2 Å². The second kappa shape index (κ2) is 5.46. The monoisotopic (exact) mass is 224 g/mol. The van der Waals surface area contributed by atoms with Crippen LogP contribution in [0.5, 0.6) is 5.75 Å². The number of ether oxygens (including phenoxy) is 1. The quantitative estimate of drug-likeness (QED) is 0.611. The van der Waals surface area contributed by atoms with Gasteiger partial charge in [0.1, 0.15) is 0 Å². The van der Waals surface area contributed by atoms with Gasteiger partial charge in [-0.25, -0.2) is 0 Å². The molecular weight excluding hydrogens is 208 g/mol. The number of benzene rings is 1. The Hall–Kier alpha value is -1.62. The van der Waals surface area contributed by atoms with Crippen LogP contribution < -0.4 is 10.5 Å². The first-order valence-electron chi connectivity index (χ1n) is 5.12. The highest BCUT2D eigenvalue weighted by Crippen LogP contribution is 2.31. The van der Waals surface area contributed by atoms with E-state index in [1.165, 1.54) is 7.11 Å². The van der Waals surface area contributed by atoms with Gasteiger partial charge in [-0.2, -0.15) is 0 Å². The molecule has 0 saturated heterocycles. The van der Waals surface area contributed by atoms with E-state index >= 15 is 0 Å². The summed E-state index contributed by atoms with van der Waals surface area (Å²) in [5.41, 5.74) is 6.35. The smallest absolute Gasteiger partial charge is 0.314 e. The number of para-hydroxylation sites is 1. The number of methoxy groups -OCH3 is 1. The predicted molar refractivity (Wildman–Crippen MR) is 61.6 cm³/mol. The van der Waals surface area contributed by atoms with Crippen molar-refractivity contribution in [1.29, 1.82) is 0 Å². The number of nitro benzene ring substituents is 1. The largest absolute Gasteiger partial charge is 0.490 e. The average Bonchev–Trinajstić information content (AvgIpc) is 2.25. The van der Waals surface area contributed by atoms with Crippen molar-refractivity contribution in [3.63, 3.8) is 0 Å². The van der Waals surface area contributed by atoms with Crippen molar-refractivity contribution in [3.05, 3.63) is 33.9 Å². The zero-order valence-corrected chi connectivity index (χ0v) is 9.47. The second-order valence-electron chi connectivity index (χ2n) is 3.74. The van der Waals surface area contributed by atoms with Crippen molar-refractivity contribution < 1.29 is 9.66 Å². The maximum atomic E-state index is 10.9. The normalized spacial score (nSPS) is 12.2. The minimum Gasteiger partial charge on any atom is -0.490 e. The molecule has 5 nitrogen and oxygen atoms in total. The maximum Gasteiger partial charge on any atom is 0.314 e. The lowest BCUT2D eigenvalue weighted by Gasteiger charge is -2.08. The molecule has 1 rings (SSSR count). The summed E-state index contributed by atoms with van der Waals surface area (Å²) >= 11 is 0. The SMILES string of the molecule is COc1cccc(CC[C@H](C)N)c1[N+](=O)[O-]. The van der Waals surface area contributed by atoms with E-state index < -0.39 is 4.92 Å². The van der Waals surface area contributed by atoms with Gasteiger partial charge in [-0.1, -0.05) is 12.1 Å². The van der Waals surface area contributed by atoms with Crippen LogP contribution >= 0.6 is 0 Å². The molecule has 0 aliphatic rings. The Morgan fingerprint density at radius 1 is 1.56 bits per heavy atom. The third-order valence-corrected chi connectivity index (χ3v) is 2.35. The Balaban J connectivity index is 3.02. The third kappa shape index (κ3) is 2.93. The van der Waals surface area contributed by atoms with Gasteiger partial charge in [0.05, 0.1) is 12.0 Å². The summed E-state index contributed by atoms with van der Waals surface area (Å²) in [4.78, 5) is 10.5. The molecular formula is C11H16N2O3. The molecule has 0 fully saturated rings. The van der Waals surface area contributed by atoms with Crippen LogP contribution in [0.1, 0.15) is 18.9 Å². The van der Waals surface area contributed by atoms with Gasteiger partial charge in [0.25, 0.3) is 0 Å². The zero-order valence-electron chi connectivity index (χ0n) is 9.47. The fraction of sp³-hybridized carbons (Fsp3) is 0.455. The molecule has 2 N–H and O–H groups in total.